The molecule has 0 aliphatic carbocycles. The predicted molar refractivity (Wildman–Crippen MR) is 89.6 cm³/mol. The van der Waals surface area contributed by atoms with Crippen molar-refractivity contribution in [3.05, 3.63) is 11.1 Å². The van der Waals surface area contributed by atoms with Crippen LogP contribution in [0.15, 0.2) is 0 Å². The minimum atomic E-state index is -1.78. The molecule has 6 N–H and O–H groups in total. The van der Waals surface area contributed by atoms with Crippen LogP contribution in [0.2, 0.25) is 0 Å². The summed E-state index contributed by atoms with van der Waals surface area (Å²) in [4.78, 5) is 18.3. The fourth-order valence-electron chi connectivity index (χ4n) is 3.30. The van der Waals surface area contributed by atoms with E-state index in [2.05, 4.69) is 9.58 Å². The molecule has 2 aliphatic heterocycles. The van der Waals surface area contributed by atoms with Gasteiger partial charge in [0.2, 0.25) is 0 Å². The summed E-state index contributed by atoms with van der Waals surface area (Å²) in [5.74, 6) is -1.04. The molecule has 0 spiro atoms. The molecule has 2 rings (SSSR count). The van der Waals surface area contributed by atoms with E-state index >= 15 is 0 Å². The fourth-order valence-corrected chi connectivity index (χ4v) is 3.30. The van der Waals surface area contributed by atoms with Crippen LogP contribution in [0, 0.1) is 0 Å². The maximum absolute atomic E-state index is 13.2. The summed E-state index contributed by atoms with van der Waals surface area (Å²) < 4.78 is 20.5. The quantitative estimate of drug-likeness (QED) is 0.0911. The van der Waals surface area contributed by atoms with E-state index in [4.69, 9.17) is 30.0 Å². The van der Waals surface area contributed by atoms with E-state index in [-0.39, 0.29) is 0 Å². The maximum atomic E-state index is 13.2. The molecule has 2 saturated heterocycles. The van der Waals surface area contributed by atoms with Crippen LogP contribution in [-0.4, -0.2) is 133 Å². The normalized spacial score (nSPS) is 41.1. The van der Waals surface area contributed by atoms with Crippen molar-refractivity contribution < 1.29 is 64.0 Å². The molecular formula is C15H22N4O11. The fraction of sp³-hybridized carbons (Fsp3) is 0.800. The highest BCUT2D eigenvalue weighted by atomic mass is 16.6. The van der Waals surface area contributed by atoms with Gasteiger partial charge in [-0.25, -0.2) is 0 Å². The number of aliphatic hydroxyl groups excluding tert-OH is 6. The van der Waals surface area contributed by atoms with Crippen molar-refractivity contribution in [2.24, 2.45) is 0 Å². The second-order valence-electron chi connectivity index (χ2n) is 6.56. The van der Waals surface area contributed by atoms with E-state index in [1.165, 1.54) is 0 Å². The maximum Gasteiger partial charge on any atom is 0.438 e. The smallest absolute Gasteiger partial charge is 0.429 e. The molecule has 0 radical (unpaired) electrons. The zero-order chi connectivity index (χ0) is 22.4. The van der Waals surface area contributed by atoms with Gasteiger partial charge in [-0.15, -0.1) is 9.58 Å². The number of Topliss-reactive ketones (excluding diaryl/α,β-unsaturated/α-hetero) is 1. The average molecular weight is 434 g/mol. The summed E-state index contributed by atoms with van der Waals surface area (Å²) in [6.07, 6.45) is -15.6. The van der Waals surface area contributed by atoms with Gasteiger partial charge in [0.1, 0.15) is 36.6 Å². The van der Waals surface area contributed by atoms with Crippen LogP contribution in [0.1, 0.15) is 0 Å². The van der Waals surface area contributed by atoms with Crippen molar-refractivity contribution in [2.75, 3.05) is 13.2 Å². The van der Waals surface area contributed by atoms with Crippen molar-refractivity contribution in [1.29, 1.82) is 0 Å². The van der Waals surface area contributed by atoms with Crippen LogP contribution in [0.3, 0.4) is 0 Å². The number of hydrogen-bond acceptors (Lipinski definition) is 11. The molecule has 10 atom stereocenters. The Morgan fingerprint density at radius 1 is 0.800 bits per heavy atom. The van der Waals surface area contributed by atoms with Gasteiger partial charge in [-0.3, -0.25) is 4.79 Å². The first-order valence-corrected chi connectivity index (χ1v) is 8.73. The molecule has 0 saturated carbocycles. The molecule has 168 valence electrons. The molecule has 15 nitrogen and oxygen atoms in total. The first kappa shape index (κ1) is 24.0. The topological polar surface area (TPSA) is 248 Å². The lowest BCUT2D eigenvalue weighted by molar-refractivity contribution is -0.248. The van der Waals surface area contributed by atoms with Crippen LogP contribution in [0.5, 0.6) is 0 Å². The van der Waals surface area contributed by atoms with Gasteiger partial charge < -0.3 is 60.6 Å². The lowest BCUT2D eigenvalue weighted by Crippen LogP contribution is -2.67. The zero-order valence-corrected chi connectivity index (χ0v) is 15.4. The van der Waals surface area contributed by atoms with Gasteiger partial charge >= 0.3 is 12.8 Å². The highest BCUT2D eigenvalue weighted by Gasteiger charge is 2.55. The highest BCUT2D eigenvalue weighted by molar-refractivity contribution is 5.89. The summed E-state index contributed by atoms with van der Waals surface area (Å²) in [5, 5.41) is 59.2. The Hall–Kier alpha value is -2.29. The number of aliphatic hydroxyl groups is 6. The second-order valence-corrected chi connectivity index (χ2v) is 6.56. The SMILES string of the molecule is [N-]=[N+]=CO[C@H]1C(C(=O)C2O[C@H](CO)[C@H](O)[C@H](O)[C@H]2OC=[N+]=[N-])O[C@H](CO)[C@H](O)[C@@H]1O. The Kier molecular flexibility index (Phi) is 8.52. The van der Waals surface area contributed by atoms with E-state index in [0.29, 0.717) is 12.8 Å². The summed E-state index contributed by atoms with van der Waals surface area (Å²) in [7, 11) is 0. The Morgan fingerprint density at radius 2 is 1.17 bits per heavy atom. The van der Waals surface area contributed by atoms with Crippen molar-refractivity contribution >= 4 is 18.6 Å². The first-order valence-electron chi connectivity index (χ1n) is 8.73. The van der Waals surface area contributed by atoms with Gasteiger partial charge in [0.05, 0.1) is 13.2 Å². The molecule has 2 unspecified atom stereocenters. The van der Waals surface area contributed by atoms with Gasteiger partial charge in [0.25, 0.3) is 0 Å². The van der Waals surface area contributed by atoms with Crippen LogP contribution >= 0.6 is 0 Å². The molecule has 2 aliphatic rings. The van der Waals surface area contributed by atoms with Gasteiger partial charge in [-0.05, 0) is 0 Å². The van der Waals surface area contributed by atoms with Crippen LogP contribution < -0.4 is 0 Å². The van der Waals surface area contributed by atoms with Crippen molar-refractivity contribution in [2.45, 2.75) is 61.0 Å². The monoisotopic (exact) mass is 434 g/mol. The Bertz CT molecular complexity index is 642. The van der Waals surface area contributed by atoms with Gasteiger partial charge in [-0.1, -0.05) is 0 Å². The van der Waals surface area contributed by atoms with E-state index in [9.17, 15) is 35.4 Å². The minimum Gasteiger partial charge on any atom is -0.429 e. The third-order valence-corrected chi connectivity index (χ3v) is 4.83. The van der Waals surface area contributed by atoms with E-state index < -0.39 is 80.0 Å². The lowest BCUT2D eigenvalue weighted by Gasteiger charge is -2.44. The number of carbonyl (C=O) groups is 1. The van der Waals surface area contributed by atoms with Crippen molar-refractivity contribution in [3.8, 4) is 0 Å². The standard InChI is InChI=1S/C15H22N4O11/c16-18-3-27-12-9(24)7(22)5(1-20)29-14(12)11(26)15-13(28-4-19-17)10(25)8(23)6(2-21)30-15/h3-10,12-15,20-25H,1-2H2/t5-,6-,7+,8+,9+,10+,12-,13-,14?,15?/m1/s1. The lowest BCUT2D eigenvalue weighted by atomic mass is 9.86. The van der Waals surface area contributed by atoms with Crippen molar-refractivity contribution in [3.63, 3.8) is 0 Å². The van der Waals surface area contributed by atoms with Gasteiger partial charge in [0, 0.05) is 0 Å². The number of carbonyl (C=O) groups excluding carboxylic acids is 1. The molecular weight excluding hydrogens is 412 g/mol. The zero-order valence-electron chi connectivity index (χ0n) is 15.4. The molecule has 0 aromatic rings. The molecule has 0 bridgehead atoms. The molecule has 0 aromatic heterocycles. The molecule has 15 heteroatoms. The van der Waals surface area contributed by atoms with Crippen molar-refractivity contribution in [1.82, 2.24) is 0 Å². The minimum absolute atomic E-state index is 0.465. The number of ether oxygens (including phenoxy) is 4. The Morgan fingerprint density at radius 3 is 1.47 bits per heavy atom. The molecule has 0 amide bonds. The number of nitrogens with zero attached hydrogens (tertiary/aromatic N) is 4. The summed E-state index contributed by atoms with van der Waals surface area (Å²) in [5.41, 5.74) is 17.1. The average Bonchev–Trinajstić information content (AvgIpc) is 2.75. The number of rotatable bonds is 8. The third kappa shape index (κ3) is 4.71. The molecule has 2 fully saturated rings. The van der Waals surface area contributed by atoms with E-state index in [1.807, 2.05) is 0 Å². The second kappa shape index (κ2) is 10.7. The summed E-state index contributed by atoms with van der Waals surface area (Å²) in [6, 6.07) is 0. The Labute approximate surface area is 168 Å². The van der Waals surface area contributed by atoms with Crippen LogP contribution in [0.25, 0.3) is 11.1 Å². The third-order valence-electron chi connectivity index (χ3n) is 4.83. The first-order chi connectivity index (χ1) is 14.3. The molecule has 2 heterocycles. The number of ketones is 1. The molecule has 30 heavy (non-hydrogen) atoms. The van der Waals surface area contributed by atoms with Gasteiger partial charge in [-0.2, -0.15) is 0 Å². The summed E-state index contributed by atoms with van der Waals surface area (Å²) in [6.45, 7) is -1.57. The summed E-state index contributed by atoms with van der Waals surface area (Å²) >= 11 is 0. The van der Waals surface area contributed by atoms with Crippen LogP contribution in [-0.2, 0) is 23.7 Å². The van der Waals surface area contributed by atoms with Crippen LogP contribution in [0.4, 0.5) is 0 Å². The van der Waals surface area contributed by atoms with E-state index in [1.54, 1.807) is 0 Å². The highest BCUT2D eigenvalue weighted by Crippen LogP contribution is 2.30. The molecule has 0 aromatic carbocycles. The van der Waals surface area contributed by atoms with E-state index in [0.717, 1.165) is 0 Å². The van der Waals surface area contributed by atoms with Gasteiger partial charge in [0.15, 0.2) is 30.2 Å². The largest absolute Gasteiger partial charge is 0.438 e. The predicted octanol–water partition coefficient (Wildman–Crippen LogP) is -5.19. The Balaban J connectivity index is 2.39. The number of hydrogen-bond donors (Lipinski definition) is 6.